The Bertz CT molecular complexity index is 4390. The molecule has 360 valence electrons. The van der Waals surface area contributed by atoms with E-state index in [4.69, 9.17) is 4.74 Å². The first-order chi connectivity index (χ1) is 37.2. The lowest BCUT2D eigenvalue weighted by Crippen LogP contribution is -2.32. The van der Waals surface area contributed by atoms with Gasteiger partial charge in [0.05, 0.1) is 16.4 Å². The molecule has 4 aliphatic rings. The number of rotatable bonds is 5. The molecule has 12 aromatic rings. The number of nitrogens with zero attached hydrogens (tertiary/aromatic N) is 2. The first-order valence-electron chi connectivity index (χ1n) is 26.7. The number of aromatic nitrogens is 1. The Morgan fingerprint density at radius 2 is 0.855 bits per heavy atom. The molecule has 0 atom stereocenters. The zero-order valence-corrected chi connectivity index (χ0v) is 42.9. The lowest BCUT2D eigenvalue weighted by atomic mass is 9.66. The fourth-order valence-corrected chi connectivity index (χ4v) is 14.5. The Morgan fingerprint density at radius 1 is 0.342 bits per heavy atom. The molecule has 0 fully saturated rings. The summed E-state index contributed by atoms with van der Waals surface area (Å²) >= 11 is 0. The zero-order valence-electron chi connectivity index (χ0n) is 42.9. The van der Waals surface area contributed by atoms with Gasteiger partial charge in [0.15, 0.2) is 0 Å². The van der Waals surface area contributed by atoms with Crippen LogP contribution in [0.15, 0.2) is 243 Å². The maximum absolute atomic E-state index is 6.61. The van der Waals surface area contributed by atoms with Gasteiger partial charge in [0.25, 0.3) is 0 Å². The third kappa shape index (κ3) is 5.67. The normalized spacial score (nSPS) is 15.0. The van der Waals surface area contributed by atoms with Gasteiger partial charge in [-0.2, -0.15) is 0 Å². The van der Waals surface area contributed by atoms with E-state index in [1.165, 1.54) is 111 Å². The predicted octanol–water partition coefficient (Wildman–Crippen LogP) is 19.0. The van der Waals surface area contributed by atoms with Crippen molar-refractivity contribution in [3.63, 3.8) is 0 Å². The van der Waals surface area contributed by atoms with Gasteiger partial charge in [-0.3, -0.25) is 0 Å². The average molecular weight is 973 g/mol. The summed E-state index contributed by atoms with van der Waals surface area (Å²) in [5.41, 5.74) is 26.7. The smallest absolute Gasteiger partial charge is 0.132 e. The van der Waals surface area contributed by atoms with E-state index in [9.17, 15) is 0 Å². The van der Waals surface area contributed by atoms with E-state index >= 15 is 0 Å². The van der Waals surface area contributed by atoms with Crippen molar-refractivity contribution in [3.8, 4) is 61.7 Å². The molecule has 1 aromatic heterocycles. The quantitative estimate of drug-likeness (QED) is 0.171. The molecule has 0 bridgehead atoms. The number of fused-ring (bicyclic) bond motifs is 19. The second-order valence-electron chi connectivity index (χ2n) is 22.4. The molecule has 0 saturated carbocycles. The lowest BCUT2D eigenvalue weighted by Gasteiger charge is -2.39. The Balaban J connectivity index is 0.862. The van der Waals surface area contributed by atoms with Crippen LogP contribution >= 0.6 is 0 Å². The Morgan fingerprint density at radius 3 is 1.57 bits per heavy atom. The number of anilines is 3. The maximum atomic E-state index is 6.61. The standard InChI is InChI=1S/C73H52N2O/c1-71(2)58-23-11-8-20-51(58)54-37-35-50(44-64(54)71)74(47-18-6-5-7-19-47)49-36-40-65-57(43-49)69-66(41-38-55-52-21-9-12-24-59(52)72(3,4)70(55)69)75(65)48-33-30-45(31-34-48)46-32-39-61-56(42-46)53-22-10-13-25-60(53)73(61)62-26-14-16-28-67(62)76-68-29-17-15-27-63(68)73/h5-44H,1-4H3. The van der Waals surface area contributed by atoms with E-state index in [1.54, 1.807) is 0 Å². The Hall–Kier alpha value is -9.18. The van der Waals surface area contributed by atoms with Gasteiger partial charge in [-0.15, -0.1) is 0 Å². The largest absolute Gasteiger partial charge is 0.457 e. The van der Waals surface area contributed by atoms with Gasteiger partial charge in [0.1, 0.15) is 11.5 Å². The van der Waals surface area contributed by atoms with E-state index in [-0.39, 0.29) is 10.8 Å². The van der Waals surface area contributed by atoms with Gasteiger partial charge < -0.3 is 14.2 Å². The molecule has 76 heavy (non-hydrogen) atoms. The van der Waals surface area contributed by atoms with Crippen LogP contribution < -0.4 is 9.64 Å². The van der Waals surface area contributed by atoms with Crippen molar-refractivity contribution in [3.05, 3.63) is 287 Å². The van der Waals surface area contributed by atoms with Crippen molar-refractivity contribution in [1.29, 1.82) is 0 Å². The van der Waals surface area contributed by atoms with Crippen LogP contribution in [0.1, 0.15) is 72.2 Å². The third-order valence-electron chi connectivity index (χ3n) is 17.8. The van der Waals surface area contributed by atoms with E-state index in [0.29, 0.717) is 0 Å². The highest BCUT2D eigenvalue weighted by Gasteiger charge is 2.51. The topological polar surface area (TPSA) is 17.4 Å². The minimum Gasteiger partial charge on any atom is -0.457 e. The molecule has 2 heterocycles. The maximum Gasteiger partial charge on any atom is 0.132 e. The van der Waals surface area contributed by atoms with Gasteiger partial charge in [0, 0.05) is 55.5 Å². The fraction of sp³-hybridized carbons (Fsp3) is 0.0959. The molecule has 0 N–H and O–H groups in total. The average Bonchev–Trinajstić information content (AvgIpc) is 4.12. The summed E-state index contributed by atoms with van der Waals surface area (Å²) in [5, 5.41) is 2.55. The van der Waals surface area contributed by atoms with Crippen LogP contribution in [0.4, 0.5) is 17.1 Å². The number of benzene rings is 11. The van der Waals surface area contributed by atoms with E-state index in [1.807, 2.05) is 0 Å². The number of hydrogen-bond donors (Lipinski definition) is 0. The molecular weight excluding hydrogens is 921 g/mol. The van der Waals surface area contributed by atoms with Crippen LogP contribution in [0.3, 0.4) is 0 Å². The number of para-hydroxylation sites is 3. The third-order valence-corrected chi connectivity index (χ3v) is 17.8. The summed E-state index contributed by atoms with van der Waals surface area (Å²) in [5.74, 6) is 1.82. The van der Waals surface area contributed by atoms with Crippen molar-refractivity contribution in [2.24, 2.45) is 0 Å². The highest BCUT2D eigenvalue weighted by molar-refractivity contribution is 6.15. The lowest BCUT2D eigenvalue weighted by molar-refractivity contribution is 0.436. The molecular formula is C73H52N2O. The van der Waals surface area contributed by atoms with Gasteiger partial charge in [-0.05, 0) is 157 Å². The molecule has 0 saturated heterocycles. The molecule has 16 rings (SSSR count). The van der Waals surface area contributed by atoms with Crippen molar-refractivity contribution in [1.82, 2.24) is 4.57 Å². The van der Waals surface area contributed by atoms with Crippen molar-refractivity contribution >= 4 is 38.9 Å². The van der Waals surface area contributed by atoms with Crippen molar-refractivity contribution < 1.29 is 4.74 Å². The number of ether oxygens (including phenoxy) is 1. The molecule has 0 radical (unpaired) electrons. The van der Waals surface area contributed by atoms with Crippen LogP contribution in [0, 0.1) is 0 Å². The minimum atomic E-state index is -0.491. The zero-order chi connectivity index (χ0) is 50.7. The molecule has 3 nitrogen and oxygen atoms in total. The molecule has 1 aliphatic heterocycles. The first-order valence-corrected chi connectivity index (χ1v) is 26.7. The summed E-state index contributed by atoms with van der Waals surface area (Å²) in [6, 6.07) is 90.4. The minimum absolute atomic E-state index is 0.127. The van der Waals surface area contributed by atoms with Crippen LogP contribution in [-0.4, -0.2) is 4.57 Å². The van der Waals surface area contributed by atoms with Gasteiger partial charge >= 0.3 is 0 Å². The fourth-order valence-electron chi connectivity index (χ4n) is 14.5. The predicted molar refractivity (Wildman–Crippen MR) is 313 cm³/mol. The van der Waals surface area contributed by atoms with Gasteiger partial charge in [-0.1, -0.05) is 191 Å². The molecule has 3 heteroatoms. The SMILES string of the molecule is CC1(C)c2ccccc2-c2ccc(N(c3ccccc3)c3ccc4c(c3)c3c5c(ccc3n4-c3ccc(-c4ccc6c(c4)-c4ccccc4C64c6ccccc6Oc6ccccc64)cc3)-c3ccccc3C5(C)C)cc21. The molecule has 0 amide bonds. The highest BCUT2D eigenvalue weighted by Crippen LogP contribution is 2.63. The van der Waals surface area contributed by atoms with E-state index in [2.05, 4.69) is 280 Å². The first kappa shape index (κ1) is 43.2. The van der Waals surface area contributed by atoms with Crippen LogP contribution in [0.2, 0.25) is 0 Å². The van der Waals surface area contributed by atoms with Crippen molar-refractivity contribution in [2.75, 3.05) is 4.90 Å². The number of hydrogen-bond acceptors (Lipinski definition) is 2. The van der Waals surface area contributed by atoms with E-state index < -0.39 is 5.41 Å². The van der Waals surface area contributed by atoms with Crippen LogP contribution in [-0.2, 0) is 16.2 Å². The summed E-state index contributed by atoms with van der Waals surface area (Å²) in [6.45, 7) is 9.56. The second kappa shape index (κ2) is 15.4. The van der Waals surface area contributed by atoms with Crippen molar-refractivity contribution in [2.45, 2.75) is 43.9 Å². The summed E-state index contributed by atoms with van der Waals surface area (Å²) in [6.07, 6.45) is 0. The van der Waals surface area contributed by atoms with Gasteiger partial charge in [-0.25, -0.2) is 0 Å². The summed E-state index contributed by atoms with van der Waals surface area (Å²) in [4.78, 5) is 2.45. The molecule has 3 aliphatic carbocycles. The second-order valence-corrected chi connectivity index (χ2v) is 22.4. The summed E-state index contributed by atoms with van der Waals surface area (Å²) in [7, 11) is 0. The summed E-state index contributed by atoms with van der Waals surface area (Å²) < 4.78 is 9.11. The molecule has 11 aromatic carbocycles. The van der Waals surface area contributed by atoms with Crippen LogP contribution in [0.5, 0.6) is 11.5 Å². The molecule has 1 spiro atoms. The van der Waals surface area contributed by atoms with E-state index in [0.717, 1.165) is 34.2 Å². The monoisotopic (exact) mass is 972 g/mol. The Labute approximate surface area is 443 Å². The van der Waals surface area contributed by atoms with Gasteiger partial charge in [0.2, 0.25) is 0 Å². The molecule has 0 unspecified atom stereocenters. The Kier molecular flexibility index (Phi) is 8.79. The highest BCUT2D eigenvalue weighted by atomic mass is 16.5. The van der Waals surface area contributed by atoms with Crippen LogP contribution in [0.25, 0.3) is 72.0 Å².